The van der Waals surface area contributed by atoms with Crippen molar-refractivity contribution in [3.05, 3.63) is 71.1 Å². The van der Waals surface area contributed by atoms with Crippen LogP contribution in [0.5, 0.6) is 0 Å². The van der Waals surface area contributed by atoms with Crippen molar-refractivity contribution in [3.8, 4) is 6.07 Å². The molecule has 0 bridgehead atoms. The van der Waals surface area contributed by atoms with Crippen molar-refractivity contribution in [2.24, 2.45) is 0 Å². The van der Waals surface area contributed by atoms with E-state index in [9.17, 15) is 28.0 Å². The number of ketones is 1. The fourth-order valence-electron chi connectivity index (χ4n) is 4.76. The van der Waals surface area contributed by atoms with E-state index < -0.39 is 23.6 Å². The molecule has 36 heavy (non-hydrogen) atoms. The van der Waals surface area contributed by atoms with E-state index in [0.29, 0.717) is 11.4 Å². The van der Waals surface area contributed by atoms with E-state index in [0.717, 1.165) is 36.3 Å². The number of nitrogens with zero attached hydrogens (tertiary/aromatic N) is 4. The first kappa shape index (κ1) is 25.3. The first-order valence-corrected chi connectivity index (χ1v) is 11.8. The number of allylic oxidation sites excluding steroid dienone is 1. The summed E-state index contributed by atoms with van der Waals surface area (Å²) in [6.07, 6.45) is -3.23. The zero-order valence-corrected chi connectivity index (χ0v) is 20.3. The number of benzene rings is 2. The van der Waals surface area contributed by atoms with Gasteiger partial charge in [0.2, 0.25) is 5.91 Å². The van der Waals surface area contributed by atoms with Gasteiger partial charge in [0.1, 0.15) is 17.5 Å². The topological polar surface area (TPSA) is 67.6 Å². The minimum Gasteiger partial charge on any atom is -0.333 e. The Kier molecular flexibility index (Phi) is 6.81. The summed E-state index contributed by atoms with van der Waals surface area (Å²) in [6.45, 7) is 1.70. The van der Waals surface area contributed by atoms with Crippen LogP contribution in [0.15, 0.2) is 59.9 Å². The Morgan fingerprint density at radius 3 is 2.19 bits per heavy atom. The third-order valence-corrected chi connectivity index (χ3v) is 6.76. The molecule has 0 N–H and O–H groups in total. The van der Waals surface area contributed by atoms with E-state index in [-0.39, 0.29) is 30.4 Å². The number of alkyl halides is 3. The van der Waals surface area contributed by atoms with Gasteiger partial charge in [0.25, 0.3) is 0 Å². The molecule has 9 heteroatoms. The minimum absolute atomic E-state index is 0.0344. The first-order chi connectivity index (χ1) is 17.0. The van der Waals surface area contributed by atoms with Crippen molar-refractivity contribution >= 4 is 23.1 Å². The molecule has 0 radical (unpaired) electrons. The van der Waals surface area contributed by atoms with Crippen LogP contribution < -0.4 is 9.80 Å². The molecule has 1 saturated carbocycles. The molecule has 1 aliphatic heterocycles. The van der Waals surface area contributed by atoms with E-state index in [1.54, 1.807) is 41.8 Å². The lowest BCUT2D eigenvalue weighted by atomic mass is 10.0. The average molecular weight is 497 g/mol. The highest BCUT2D eigenvalue weighted by Crippen LogP contribution is 2.41. The maximum Gasteiger partial charge on any atom is 0.416 e. The fraction of sp³-hybridized carbons (Fsp3) is 0.370. The molecule has 1 unspecified atom stereocenters. The molecule has 4 rings (SSSR count). The van der Waals surface area contributed by atoms with Crippen molar-refractivity contribution in [2.45, 2.75) is 50.9 Å². The number of fused-ring (bicyclic) bond motifs is 1. The Morgan fingerprint density at radius 1 is 1.06 bits per heavy atom. The van der Waals surface area contributed by atoms with Crippen LogP contribution in [0.25, 0.3) is 0 Å². The number of nitriles is 1. The predicted molar refractivity (Wildman–Crippen MR) is 130 cm³/mol. The molecule has 2 aliphatic rings. The van der Waals surface area contributed by atoms with Gasteiger partial charge < -0.3 is 14.7 Å². The number of rotatable bonds is 7. The molecule has 2 aromatic rings. The molecule has 188 valence electrons. The van der Waals surface area contributed by atoms with Gasteiger partial charge in [-0.3, -0.25) is 9.59 Å². The van der Waals surface area contributed by atoms with Crippen LogP contribution >= 0.6 is 0 Å². The number of anilines is 2. The highest BCUT2D eigenvalue weighted by atomic mass is 19.4. The Hall–Kier alpha value is -3.80. The zero-order valence-electron chi connectivity index (χ0n) is 20.3. The van der Waals surface area contributed by atoms with Crippen molar-refractivity contribution < 1.29 is 22.8 Å². The lowest BCUT2D eigenvalue weighted by Gasteiger charge is -2.30. The lowest BCUT2D eigenvalue weighted by Crippen LogP contribution is -2.36. The highest BCUT2D eigenvalue weighted by Gasteiger charge is 2.38. The summed E-state index contributed by atoms with van der Waals surface area (Å²) in [6, 6.07) is 13.9. The quantitative estimate of drug-likeness (QED) is 0.378. The minimum atomic E-state index is -4.47. The van der Waals surface area contributed by atoms with Crippen molar-refractivity contribution in [2.75, 3.05) is 23.9 Å². The van der Waals surface area contributed by atoms with Gasteiger partial charge in [0.15, 0.2) is 5.78 Å². The fourth-order valence-corrected chi connectivity index (χ4v) is 4.76. The molecule has 1 aliphatic carbocycles. The summed E-state index contributed by atoms with van der Waals surface area (Å²) in [4.78, 5) is 31.4. The molecule has 1 atom stereocenters. The summed E-state index contributed by atoms with van der Waals surface area (Å²) >= 11 is 0. The Labute approximate surface area is 208 Å². The van der Waals surface area contributed by atoms with Gasteiger partial charge in [-0.25, -0.2) is 0 Å². The number of Topliss-reactive ketones (excluding diaryl/α,β-unsaturated/α-hetero) is 1. The molecule has 2 aromatic carbocycles. The van der Waals surface area contributed by atoms with Crippen molar-refractivity contribution in [1.29, 1.82) is 5.26 Å². The SMILES string of the molecule is CC(c1cccc(C(F)(F)F)c1)N(C(=O)CCC(=O)C(C#N)=C1N(C)c2ccccc2N1C)C1CC1. The summed E-state index contributed by atoms with van der Waals surface area (Å²) in [7, 11) is 3.55. The maximum absolute atomic E-state index is 13.2. The molecule has 6 nitrogen and oxygen atoms in total. The molecule has 1 amide bonds. The number of para-hydroxylation sites is 2. The molecule has 0 aromatic heterocycles. The van der Waals surface area contributed by atoms with E-state index in [1.165, 1.54) is 6.07 Å². The van der Waals surface area contributed by atoms with Crippen LogP contribution in [0.2, 0.25) is 0 Å². The van der Waals surface area contributed by atoms with Crippen molar-refractivity contribution in [3.63, 3.8) is 0 Å². The third-order valence-electron chi connectivity index (χ3n) is 6.76. The normalized spacial score (nSPS) is 15.9. The van der Waals surface area contributed by atoms with E-state index in [4.69, 9.17) is 0 Å². The van der Waals surface area contributed by atoms with Gasteiger partial charge in [-0.15, -0.1) is 0 Å². The Morgan fingerprint density at radius 2 is 1.67 bits per heavy atom. The molecular formula is C27H27F3N4O2. The second kappa shape index (κ2) is 9.69. The van der Waals surface area contributed by atoms with Crippen molar-refractivity contribution in [1.82, 2.24) is 4.90 Å². The number of halogens is 3. The summed E-state index contributed by atoms with van der Waals surface area (Å²) in [5, 5.41) is 9.80. The number of carbonyl (C=O) groups is 2. The average Bonchev–Trinajstić information content (AvgIpc) is 3.66. The van der Waals surface area contributed by atoms with Gasteiger partial charge in [0, 0.05) is 33.0 Å². The van der Waals surface area contributed by atoms with Gasteiger partial charge >= 0.3 is 6.18 Å². The van der Waals surface area contributed by atoms with Gasteiger partial charge in [-0.2, -0.15) is 18.4 Å². The number of hydrogen-bond donors (Lipinski definition) is 0. The van der Waals surface area contributed by atoms with Crippen LogP contribution in [0.1, 0.15) is 49.8 Å². The molecule has 0 spiro atoms. The summed E-state index contributed by atoms with van der Waals surface area (Å²) in [5.41, 5.74) is 1.32. The van der Waals surface area contributed by atoms with Crippen LogP contribution in [0.4, 0.5) is 24.5 Å². The number of hydrogen-bond acceptors (Lipinski definition) is 5. The van der Waals surface area contributed by atoms with Gasteiger partial charge in [-0.05, 0) is 49.6 Å². The smallest absolute Gasteiger partial charge is 0.333 e. The van der Waals surface area contributed by atoms with Crippen LogP contribution in [0, 0.1) is 11.3 Å². The van der Waals surface area contributed by atoms with Crippen LogP contribution in [-0.4, -0.2) is 36.7 Å². The predicted octanol–water partition coefficient (Wildman–Crippen LogP) is 5.43. The zero-order chi connectivity index (χ0) is 26.2. The van der Waals surface area contributed by atoms with Gasteiger partial charge in [0.05, 0.1) is 23.0 Å². The summed E-state index contributed by atoms with van der Waals surface area (Å²) < 4.78 is 39.6. The van der Waals surface area contributed by atoms with Crippen LogP contribution in [-0.2, 0) is 15.8 Å². The van der Waals surface area contributed by atoms with E-state index in [1.807, 2.05) is 30.3 Å². The molecule has 1 fully saturated rings. The van der Waals surface area contributed by atoms with E-state index in [2.05, 4.69) is 0 Å². The summed E-state index contributed by atoms with van der Waals surface area (Å²) in [5.74, 6) is -0.308. The Bertz CT molecular complexity index is 1230. The highest BCUT2D eigenvalue weighted by molar-refractivity contribution is 6.03. The molecular weight excluding hydrogens is 469 g/mol. The lowest BCUT2D eigenvalue weighted by molar-refractivity contribution is -0.137. The number of carbonyl (C=O) groups excluding carboxylic acids is 2. The second-order valence-corrected chi connectivity index (χ2v) is 9.17. The standard InChI is InChI=1S/C27H27F3N4O2/c1-17(18-7-6-8-19(15-18)27(28,29)30)34(20-11-12-20)25(36)14-13-24(35)21(16-31)26-32(2)22-9-4-5-10-23(22)33(26)3/h4-10,15,17,20H,11-14H2,1-3H3. The van der Waals surface area contributed by atoms with Gasteiger partial charge in [-0.1, -0.05) is 24.3 Å². The first-order valence-electron chi connectivity index (χ1n) is 11.8. The third kappa shape index (κ3) is 4.81. The monoisotopic (exact) mass is 496 g/mol. The maximum atomic E-state index is 13.2. The second-order valence-electron chi connectivity index (χ2n) is 9.17. The molecule has 1 heterocycles. The largest absolute Gasteiger partial charge is 0.416 e. The Balaban J connectivity index is 1.50. The number of amides is 1. The van der Waals surface area contributed by atoms with Crippen LogP contribution in [0.3, 0.4) is 0 Å². The molecule has 0 saturated heterocycles. The van der Waals surface area contributed by atoms with E-state index >= 15 is 0 Å².